The number of thiophene rings is 1. The SMILES string of the molecule is Cc1cc(C2CCCN2C(=O)NCc2cccs2)on1. The highest BCUT2D eigenvalue weighted by Gasteiger charge is 2.32. The third-order valence-corrected chi connectivity index (χ3v) is 4.36. The van der Waals surface area contributed by atoms with Crippen molar-refractivity contribution in [3.05, 3.63) is 39.9 Å². The average Bonchev–Trinajstić information content (AvgIpc) is 3.16. The number of nitrogens with zero attached hydrogens (tertiary/aromatic N) is 2. The first-order chi connectivity index (χ1) is 9.74. The van der Waals surface area contributed by atoms with E-state index in [1.807, 2.05) is 35.4 Å². The maximum absolute atomic E-state index is 12.3. The number of aromatic nitrogens is 1. The third-order valence-electron chi connectivity index (χ3n) is 3.48. The summed E-state index contributed by atoms with van der Waals surface area (Å²) in [7, 11) is 0. The summed E-state index contributed by atoms with van der Waals surface area (Å²) in [6.45, 7) is 3.24. The lowest BCUT2D eigenvalue weighted by atomic mass is 10.1. The van der Waals surface area contributed by atoms with Gasteiger partial charge in [0.15, 0.2) is 5.76 Å². The van der Waals surface area contributed by atoms with Crippen LogP contribution in [-0.2, 0) is 6.54 Å². The van der Waals surface area contributed by atoms with Gasteiger partial charge in [0.05, 0.1) is 18.3 Å². The molecule has 0 aromatic carbocycles. The van der Waals surface area contributed by atoms with Crippen molar-refractivity contribution in [2.45, 2.75) is 32.4 Å². The number of hydrogen-bond acceptors (Lipinski definition) is 4. The number of likely N-dealkylation sites (tertiary alicyclic amines) is 1. The lowest BCUT2D eigenvalue weighted by Crippen LogP contribution is -2.38. The molecule has 1 aliphatic rings. The van der Waals surface area contributed by atoms with E-state index in [0.29, 0.717) is 6.54 Å². The predicted molar refractivity (Wildman–Crippen MR) is 76.5 cm³/mol. The summed E-state index contributed by atoms with van der Waals surface area (Å²) in [6.07, 6.45) is 1.93. The Morgan fingerprint density at radius 3 is 3.25 bits per heavy atom. The molecule has 0 spiro atoms. The van der Waals surface area contributed by atoms with Crippen molar-refractivity contribution in [3.8, 4) is 0 Å². The molecular weight excluding hydrogens is 274 g/mol. The van der Waals surface area contributed by atoms with E-state index in [4.69, 9.17) is 4.52 Å². The number of urea groups is 1. The minimum Gasteiger partial charge on any atom is -0.359 e. The van der Waals surface area contributed by atoms with Gasteiger partial charge < -0.3 is 14.7 Å². The van der Waals surface area contributed by atoms with Gasteiger partial charge in [0.2, 0.25) is 0 Å². The molecule has 3 rings (SSSR count). The quantitative estimate of drug-likeness (QED) is 0.945. The van der Waals surface area contributed by atoms with Gasteiger partial charge in [0.25, 0.3) is 0 Å². The summed E-state index contributed by atoms with van der Waals surface area (Å²) >= 11 is 1.65. The normalized spacial score (nSPS) is 18.4. The molecule has 5 nitrogen and oxygen atoms in total. The molecule has 1 atom stereocenters. The molecule has 0 saturated carbocycles. The Morgan fingerprint density at radius 1 is 1.65 bits per heavy atom. The Kier molecular flexibility index (Phi) is 3.73. The summed E-state index contributed by atoms with van der Waals surface area (Å²) in [5.41, 5.74) is 0.853. The molecule has 6 heteroatoms. The van der Waals surface area contributed by atoms with Crippen LogP contribution in [0.5, 0.6) is 0 Å². The summed E-state index contributed by atoms with van der Waals surface area (Å²) in [5, 5.41) is 8.89. The van der Waals surface area contributed by atoms with Gasteiger partial charge >= 0.3 is 6.03 Å². The van der Waals surface area contributed by atoms with Gasteiger partial charge in [-0.3, -0.25) is 0 Å². The molecule has 0 radical (unpaired) electrons. The van der Waals surface area contributed by atoms with Crippen LogP contribution in [0.25, 0.3) is 0 Å². The summed E-state index contributed by atoms with van der Waals surface area (Å²) < 4.78 is 5.31. The zero-order valence-corrected chi connectivity index (χ0v) is 12.2. The number of carbonyl (C=O) groups is 1. The fourth-order valence-corrected chi connectivity index (χ4v) is 3.17. The fraction of sp³-hybridized carbons (Fsp3) is 0.429. The first-order valence-electron chi connectivity index (χ1n) is 6.74. The van der Waals surface area contributed by atoms with Crippen LogP contribution in [0.15, 0.2) is 28.1 Å². The minimum absolute atomic E-state index is 0.0135. The second-order valence-corrected chi connectivity index (χ2v) is 5.99. The first kappa shape index (κ1) is 13.2. The molecule has 2 amide bonds. The molecule has 106 valence electrons. The van der Waals surface area contributed by atoms with Crippen molar-refractivity contribution in [1.82, 2.24) is 15.4 Å². The number of amides is 2. The van der Waals surface area contributed by atoms with E-state index >= 15 is 0 Å². The van der Waals surface area contributed by atoms with Crippen LogP contribution in [0, 0.1) is 6.92 Å². The smallest absolute Gasteiger partial charge is 0.318 e. The monoisotopic (exact) mass is 291 g/mol. The molecule has 1 N–H and O–H groups in total. The largest absolute Gasteiger partial charge is 0.359 e. The van der Waals surface area contributed by atoms with Crippen LogP contribution in [0.1, 0.15) is 35.2 Å². The van der Waals surface area contributed by atoms with Crippen LogP contribution in [-0.4, -0.2) is 22.6 Å². The van der Waals surface area contributed by atoms with Gasteiger partial charge in [-0.1, -0.05) is 11.2 Å². The molecular formula is C14H17N3O2S. The Bertz CT molecular complexity index is 579. The second kappa shape index (κ2) is 5.66. The summed E-state index contributed by atoms with van der Waals surface area (Å²) in [6, 6.07) is 5.90. The highest BCUT2D eigenvalue weighted by atomic mass is 32.1. The lowest BCUT2D eigenvalue weighted by molar-refractivity contribution is 0.182. The number of hydrogen-bond donors (Lipinski definition) is 1. The average molecular weight is 291 g/mol. The van der Waals surface area contributed by atoms with Crippen LogP contribution >= 0.6 is 11.3 Å². The van der Waals surface area contributed by atoms with Crippen molar-refractivity contribution in [2.75, 3.05) is 6.54 Å². The van der Waals surface area contributed by atoms with E-state index in [9.17, 15) is 4.79 Å². The molecule has 1 fully saturated rings. The molecule has 20 heavy (non-hydrogen) atoms. The van der Waals surface area contributed by atoms with Crippen molar-refractivity contribution < 1.29 is 9.32 Å². The van der Waals surface area contributed by atoms with Crippen LogP contribution < -0.4 is 5.32 Å². The van der Waals surface area contributed by atoms with Crippen LogP contribution in [0.2, 0.25) is 0 Å². The molecule has 1 aliphatic heterocycles. The van der Waals surface area contributed by atoms with E-state index in [-0.39, 0.29) is 12.1 Å². The number of aryl methyl sites for hydroxylation is 1. The number of carbonyl (C=O) groups excluding carboxylic acids is 1. The van der Waals surface area contributed by atoms with Gasteiger partial charge in [-0.2, -0.15) is 0 Å². The first-order valence-corrected chi connectivity index (χ1v) is 7.62. The van der Waals surface area contributed by atoms with E-state index < -0.39 is 0 Å². The van der Waals surface area contributed by atoms with E-state index in [2.05, 4.69) is 10.5 Å². The van der Waals surface area contributed by atoms with Crippen LogP contribution in [0.3, 0.4) is 0 Å². The molecule has 1 saturated heterocycles. The number of nitrogens with one attached hydrogen (secondary N) is 1. The van der Waals surface area contributed by atoms with Crippen molar-refractivity contribution >= 4 is 17.4 Å². The molecule has 0 aliphatic carbocycles. The topological polar surface area (TPSA) is 58.4 Å². The zero-order valence-electron chi connectivity index (χ0n) is 11.3. The highest BCUT2D eigenvalue weighted by molar-refractivity contribution is 7.09. The summed E-state index contributed by atoms with van der Waals surface area (Å²) in [5.74, 6) is 0.784. The van der Waals surface area contributed by atoms with Gasteiger partial charge in [0, 0.05) is 17.5 Å². The molecule has 2 aromatic rings. The van der Waals surface area contributed by atoms with Gasteiger partial charge in [0.1, 0.15) is 0 Å². The van der Waals surface area contributed by atoms with Gasteiger partial charge in [-0.05, 0) is 31.2 Å². The van der Waals surface area contributed by atoms with E-state index in [1.165, 1.54) is 0 Å². The fourth-order valence-electron chi connectivity index (χ4n) is 2.52. The zero-order chi connectivity index (χ0) is 13.9. The van der Waals surface area contributed by atoms with E-state index in [0.717, 1.165) is 35.7 Å². The van der Waals surface area contributed by atoms with Crippen molar-refractivity contribution in [2.24, 2.45) is 0 Å². The molecule has 1 unspecified atom stereocenters. The van der Waals surface area contributed by atoms with Gasteiger partial charge in [-0.25, -0.2) is 4.79 Å². The predicted octanol–water partition coefficient (Wildman–Crippen LogP) is 3.09. The minimum atomic E-state index is -0.0325. The summed E-state index contributed by atoms with van der Waals surface area (Å²) in [4.78, 5) is 15.3. The molecule has 2 aromatic heterocycles. The maximum Gasteiger partial charge on any atom is 0.318 e. The Hall–Kier alpha value is -1.82. The van der Waals surface area contributed by atoms with Gasteiger partial charge in [-0.15, -0.1) is 11.3 Å². The molecule has 0 bridgehead atoms. The van der Waals surface area contributed by atoms with Crippen molar-refractivity contribution in [1.29, 1.82) is 0 Å². The van der Waals surface area contributed by atoms with Crippen molar-refractivity contribution in [3.63, 3.8) is 0 Å². The van der Waals surface area contributed by atoms with Crippen LogP contribution in [0.4, 0.5) is 4.79 Å². The number of rotatable bonds is 3. The highest BCUT2D eigenvalue weighted by Crippen LogP contribution is 2.32. The standard InChI is InChI=1S/C14H17N3O2S/c1-10-8-13(19-16-10)12-5-2-6-17(12)14(18)15-9-11-4-3-7-20-11/h3-4,7-8,12H,2,5-6,9H2,1H3,(H,15,18). The molecule has 3 heterocycles. The Labute approximate surface area is 121 Å². The second-order valence-electron chi connectivity index (χ2n) is 4.96. The Balaban J connectivity index is 1.64. The van der Waals surface area contributed by atoms with E-state index in [1.54, 1.807) is 11.3 Å². The lowest BCUT2D eigenvalue weighted by Gasteiger charge is -2.22. The Morgan fingerprint density at radius 2 is 2.55 bits per heavy atom. The maximum atomic E-state index is 12.3. The third kappa shape index (κ3) is 2.70.